The van der Waals surface area contributed by atoms with Gasteiger partial charge < -0.3 is 36.3 Å². The largest absolute Gasteiger partial charge is 0.708 e. The number of carbonyl (C=O) groups is 3. The first-order valence-corrected chi connectivity index (χ1v) is 15.9. The van der Waals surface area contributed by atoms with Gasteiger partial charge in [-0.1, -0.05) is 0 Å². The van der Waals surface area contributed by atoms with Crippen molar-refractivity contribution in [1.29, 1.82) is 0 Å². The molecule has 0 N–H and O–H groups in total. The van der Waals surface area contributed by atoms with Crippen LogP contribution in [0.2, 0.25) is 18.6 Å². The van der Waals surface area contributed by atoms with Crippen LogP contribution in [0.5, 0.6) is 11.5 Å². The Balaban J connectivity index is 1.53. The Hall–Kier alpha value is -2.46. The molecule has 0 aromatic heterocycles. The van der Waals surface area contributed by atoms with E-state index in [9.17, 15) is 14.4 Å². The van der Waals surface area contributed by atoms with E-state index in [2.05, 4.69) is 0 Å². The molecule has 2 unspecified atom stereocenters. The molecule has 2 heterocycles. The fourth-order valence-corrected chi connectivity index (χ4v) is 7.83. The number of carbonyl (C=O) groups excluding carboxylic acids is 3. The zero-order valence-electron chi connectivity index (χ0n) is 20.5. The summed E-state index contributed by atoms with van der Waals surface area (Å²) in [5, 5.41) is 0. The monoisotopic (exact) mass is 528 g/mol. The predicted molar refractivity (Wildman–Crippen MR) is 125 cm³/mol. The molecule has 35 heavy (non-hydrogen) atoms. The van der Waals surface area contributed by atoms with Gasteiger partial charge in [0.15, 0.2) is 0 Å². The minimum Gasteiger partial charge on any atom is -0.520 e. The molecule has 0 radical (unpaired) electrons. The number of epoxide rings is 1. The first kappa shape index (κ1) is 27.1. The van der Waals surface area contributed by atoms with Gasteiger partial charge in [-0.15, -0.1) is 0 Å². The van der Waals surface area contributed by atoms with Gasteiger partial charge in [0.2, 0.25) is 0 Å². The molecule has 2 atom stereocenters. The van der Waals surface area contributed by atoms with E-state index in [-0.39, 0.29) is 18.8 Å². The maximum atomic E-state index is 11.5. The molecule has 0 amide bonds. The predicted octanol–water partition coefficient (Wildman–Crippen LogP) is 2.48. The summed E-state index contributed by atoms with van der Waals surface area (Å²) < 4.78 is 44.3. The Morgan fingerprint density at radius 1 is 1.06 bits per heavy atom. The molecule has 1 fully saturated rings. The van der Waals surface area contributed by atoms with Crippen molar-refractivity contribution < 1.29 is 50.7 Å². The first-order chi connectivity index (χ1) is 16.6. The highest BCUT2D eigenvalue weighted by Crippen LogP contribution is 2.34. The molecule has 1 aromatic rings. The third kappa shape index (κ3) is 8.92. The summed E-state index contributed by atoms with van der Waals surface area (Å²) in [6, 6.07) is 6.11. The summed E-state index contributed by atoms with van der Waals surface area (Å²) in [5.41, 5.74) is 0.845. The Labute approximate surface area is 206 Å². The van der Waals surface area contributed by atoms with Crippen LogP contribution < -0.4 is 9.16 Å². The molecule has 194 valence electrons. The minimum atomic E-state index is -3.94. The van der Waals surface area contributed by atoms with Crippen LogP contribution in [-0.4, -0.2) is 67.8 Å². The smallest absolute Gasteiger partial charge is 0.520 e. The van der Waals surface area contributed by atoms with Crippen molar-refractivity contribution in [3.8, 4) is 11.5 Å². The van der Waals surface area contributed by atoms with Crippen LogP contribution in [0.25, 0.3) is 0 Å². The Bertz CT molecular complexity index is 880. The lowest BCUT2D eigenvalue weighted by molar-refractivity contribution is -0.147. The molecule has 1 aromatic carbocycles. The summed E-state index contributed by atoms with van der Waals surface area (Å²) in [5.74, 6) is -0.893. The third-order valence-corrected chi connectivity index (χ3v) is 10.4. The zero-order valence-corrected chi connectivity index (χ0v) is 22.5. The van der Waals surface area contributed by atoms with Crippen LogP contribution >= 0.6 is 0 Å². The van der Waals surface area contributed by atoms with E-state index in [4.69, 9.17) is 36.3 Å². The Kier molecular flexibility index (Phi) is 9.30. The fourth-order valence-electron chi connectivity index (χ4n) is 3.51. The summed E-state index contributed by atoms with van der Waals surface area (Å²) in [6.45, 7) is 7.93. The van der Waals surface area contributed by atoms with Crippen molar-refractivity contribution in [2.45, 2.75) is 58.5 Å². The van der Waals surface area contributed by atoms with Crippen molar-refractivity contribution in [3.05, 3.63) is 23.8 Å². The molecule has 1 saturated heterocycles. The lowest BCUT2D eigenvalue weighted by Gasteiger charge is -2.33. The highest BCUT2D eigenvalue weighted by atomic mass is 28.4. The lowest BCUT2D eigenvalue weighted by Crippen LogP contribution is -2.50. The fraction of sp³-hybridized carbons (Fsp3) is 0.591. The molecule has 0 aliphatic carbocycles. The number of fused-ring (bicyclic) bond motifs is 1. The number of benzene rings is 1. The van der Waals surface area contributed by atoms with Gasteiger partial charge in [0.05, 0.1) is 32.5 Å². The second-order valence-corrected chi connectivity index (χ2v) is 14.2. The quantitative estimate of drug-likeness (QED) is 0.213. The second kappa shape index (κ2) is 12.0. The molecule has 3 rings (SSSR count). The van der Waals surface area contributed by atoms with E-state index in [1.807, 2.05) is 12.6 Å². The highest BCUT2D eigenvalue weighted by Gasteiger charge is 2.52. The van der Waals surface area contributed by atoms with E-state index in [0.29, 0.717) is 25.6 Å². The van der Waals surface area contributed by atoms with Crippen molar-refractivity contribution >= 4 is 35.3 Å². The van der Waals surface area contributed by atoms with Gasteiger partial charge in [-0.05, 0) is 31.2 Å². The van der Waals surface area contributed by atoms with Crippen LogP contribution in [0.4, 0.5) is 0 Å². The average molecular weight is 529 g/mol. The standard InChI is InChI=1S/C22H32O11Si2/c1-16(23)30-35(31-17(2)24,32-18(3)25)11-9-27-20-6-7-22-19(12-20)13-29-34(4,33-22)10-5-8-26-14-21-15-28-21/h6-7,12,21H,5,8-11,13-15H2,1-4H3. The van der Waals surface area contributed by atoms with Crippen molar-refractivity contribution in [1.82, 2.24) is 0 Å². The van der Waals surface area contributed by atoms with E-state index < -0.39 is 35.3 Å². The van der Waals surface area contributed by atoms with Gasteiger partial charge >= 0.3 is 17.4 Å². The Morgan fingerprint density at radius 2 is 1.71 bits per heavy atom. The Morgan fingerprint density at radius 3 is 2.31 bits per heavy atom. The van der Waals surface area contributed by atoms with Gasteiger partial charge in [-0.25, -0.2) is 0 Å². The van der Waals surface area contributed by atoms with Crippen LogP contribution in [0, 0.1) is 0 Å². The average Bonchev–Trinajstić information content (AvgIpc) is 3.56. The molecule has 11 nitrogen and oxygen atoms in total. The number of rotatable bonds is 13. The lowest BCUT2D eigenvalue weighted by atomic mass is 10.2. The van der Waals surface area contributed by atoms with Crippen molar-refractivity contribution in [2.75, 3.05) is 26.4 Å². The summed E-state index contributed by atoms with van der Waals surface area (Å²) in [4.78, 5) is 34.6. The van der Waals surface area contributed by atoms with Crippen LogP contribution in [-0.2, 0) is 48.2 Å². The zero-order chi connectivity index (χ0) is 25.5. The third-order valence-electron chi connectivity index (χ3n) is 5.09. The minimum absolute atomic E-state index is 0.0150. The summed E-state index contributed by atoms with van der Waals surface area (Å²) in [7, 11) is -6.30. The van der Waals surface area contributed by atoms with Crippen molar-refractivity contribution in [3.63, 3.8) is 0 Å². The van der Waals surface area contributed by atoms with E-state index in [0.717, 1.165) is 51.2 Å². The SMILES string of the molecule is CC(=O)O[Si](CCOc1ccc2c(c1)CO[Si](C)(CCCOCC1CO1)O2)(OC(C)=O)OC(C)=O. The number of ether oxygens (including phenoxy) is 3. The molecular weight excluding hydrogens is 496 g/mol. The highest BCUT2D eigenvalue weighted by molar-refractivity contribution is 6.67. The number of hydrogen-bond donors (Lipinski definition) is 0. The van der Waals surface area contributed by atoms with Gasteiger partial charge in [-0.3, -0.25) is 14.4 Å². The molecule has 0 spiro atoms. The van der Waals surface area contributed by atoms with Gasteiger partial charge in [0.1, 0.15) is 17.6 Å². The second-order valence-electron chi connectivity index (χ2n) is 8.49. The van der Waals surface area contributed by atoms with E-state index >= 15 is 0 Å². The molecule has 0 saturated carbocycles. The number of hydrogen-bond acceptors (Lipinski definition) is 11. The van der Waals surface area contributed by atoms with E-state index in [1.54, 1.807) is 12.1 Å². The van der Waals surface area contributed by atoms with Crippen LogP contribution in [0.3, 0.4) is 0 Å². The van der Waals surface area contributed by atoms with E-state index in [1.165, 1.54) is 0 Å². The first-order valence-electron chi connectivity index (χ1n) is 11.4. The summed E-state index contributed by atoms with van der Waals surface area (Å²) >= 11 is 0. The molecule has 0 bridgehead atoms. The van der Waals surface area contributed by atoms with Crippen LogP contribution in [0.1, 0.15) is 32.8 Å². The van der Waals surface area contributed by atoms with Gasteiger partial charge in [-0.2, -0.15) is 0 Å². The topological polar surface area (TPSA) is 128 Å². The molecule has 2 aliphatic heterocycles. The van der Waals surface area contributed by atoms with Crippen molar-refractivity contribution in [2.24, 2.45) is 0 Å². The maximum Gasteiger partial charge on any atom is 0.708 e. The molecule has 13 heteroatoms. The molecular formula is C22H32O11Si2. The van der Waals surface area contributed by atoms with Gasteiger partial charge in [0.25, 0.3) is 17.9 Å². The summed E-state index contributed by atoms with van der Waals surface area (Å²) in [6.07, 6.45) is 1.11. The van der Waals surface area contributed by atoms with Crippen LogP contribution in [0.15, 0.2) is 18.2 Å². The molecule has 2 aliphatic rings. The normalized spacial score (nSPS) is 20.7. The van der Waals surface area contributed by atoms with Gasteiger partial charge in [0, 0.05) is 39.0 Å². The maximum absolute atomic E-state index is 11.5.